The Labute approximate surface area is 94.3 Å². The van der Waals surface area contributed by atoms with E-state index in [4.69, 9.17) is 4.42 Å². The van der Waals surface area contributed by atoms with Gasteiger partial charge in [0.25, 0.3) is 0 Å². The second-order valence-corrected chi connectivity index (χ2v) is 4.69. The minimum absolute atomic E-state index is 0.186. The summed E-state index contributed by atoms with van der Waals surface area (Å²) in [6, 6.07) is 6.08. The average molecular weight is 214 g/mol. The summed E-state index contributed by atoms with van der Waals surface area (Å²) in [4.78, 5) is 12.0. The van der Waals surface area contributed by atoms with Gasteiger partial charge in [-0.2, -0.15) is 0 Å². The first kappa shape index (κ1) is 9.64. The molecule has 0 aliphatic heterocycles. The van der Waals surface area contributed by atoms with E-state index in [2.05, 4.69) is 6.07 Å². The second kappa shape index (κ2) is 3.21. The zero-order valence-electron chi connectivity index (χ0n) is 9.54. The van der Waals surface area contributed by atoms with Crippen molar-refractivity contribution in [3.8, 4) is 0 Å². The number of benzene rings is 1. The van der Waals surface area contributed by atoms with E-state index in [1.807, 2.05) is 26.0 Å². The van der Waals surface area contributed by atoms with Crippen LogP contribution in [-0.4, -0.2) is 5.78 Å². The van der Waals surface area contributed by atoms with E-state index < -0.39 is 0 Å². The summed E-state index contributed by atoms with van der Waals surface area (Å²) >= 11 is 0. The Kier molecular flexibility index (Phi) is 1.93. The van der Waals surface area contributed by atoms with Gasteiger partial charge in [0, 0.05) is 16.9 Å². The lowest BCUT2D eigenvalue weighted by atomic mass is 10.1. The van der Waals surface area contributed by atoms with Gasteiger partial charge < -0.3 is 4.42 Å². The van der Waals surface area contributed by atoms with Crippen molar-refractivity contribution in [1.29, 1.82) is 0 Å². The highest BCUT2D eigenvalue weighted by molar-refractivity contribution is 6.02. The van der Waals surface area contributed by atoms with E-state index in [1.54, 1.807) is 0 Å². The number of furan rings is 1. The lowest BCUT2D eigenvalue weighted by Gasteiger charge is -1.93. The molecule has 2 nitrogen and oxygen atoms in total. The maximum absolute atomic E-state index is 12.0. The molecule has 2 heteroatoms. The van der Waals surface area contributed by atoms with E-state index >= 15 is 0 Å². The van der Waals surface area contributed by atoms with Crippen LogP contribution in [0.4, 0.5) is 0 Å². The SMILES string of the molecule is Cc1ccc2c(C)c(C(=O)C3CC3)oc2c1. The molecule has 0 amide bonds. The molecule has 0 saturated heterocycles. The van der Waals surface area contributed by atoms with Crippen molar-refractivity contribution in [1.82, 2.24) is 0 Å². The monoisotopic (exact) mass is 214 g/mol. The number of rotatable bonds is 2. The van der Waals surface area contributed by atoms with Crippen LogP contribution in [0.5, 0.6) is 0 Å². The lowest BCUT2D eigenvalue weighted by molar-refractivity contribution is 0.0941. The van der Waals surface area contributed by atoms with Gasteiger partial charge in [-0.15, -0.1) is 0 Å². The fourth-order valence-corrected chi connectivity index (χ4v) is 2.10. The van der Waals surface area contributed by atoms with Crippen LogP contribution in [0, 0.1) is 19.8 Å². The molecular formula is C14H14O2. The summed E-state index contributed by atoms with van der Waals surface area (Å²) in [5.41, 5.74) is 2.99. The van der Waals surface area contributed by atoms with Gasteiger partial charge >= 0.3 is 0 Å². The van der Waals surface area contributed by atoms with Gasteiger partial charge in [0.05, 0.1) is 0 Å². The van der Waals surface area contributed by atoms with E-state index in [0.717, 1.165) is 34.9 Å². The highest BCUT2D eigenvalue weighted by Crippen LogP contribution is 2.36. The van der Waals surface area contributed by atoms with Crippen molar-refractivity contribution in [2.24, 2.45) is 5.92 Å². The van der Waals surface area contributed by atoms with Crippen LogP contribution in [0.1, 0.15) is 34.5 Å². The number of Topliss-reactive ketones (excluding diaryl/α,β-unsaturated/α-hetero) is 1. The molecular weight excluding hydrogens is 200 g/mol. The van der Waals surface area contributed by atoms with Crippen LogP contribution < -0.4 is 0 Å². The quantitative estimate of drug-likeness (QED) is 0.714. The maximum atomic E-state index is 12.0. The van der Waals surface area contributed by atoms with Crippen molar-refractivity contribution in [2.45, 2.75) is 26.7 Å². The summed E-state index contributed by atoms with van der Waals surface area (Å²) < 4.78 is 5.69. The molecule has 0 spiro atoms. The first-order chi connectivity index (χ1) is 7.66. The van der Waals surface area contributed by atoms with Crippen LogP contribution in [0.15, 0.2) is 22.6 Å². The molecule has 0 radical (unpaired) electrons. The molecule has 1 aliphatic carbocycles. The molecule has 0 bridgehead atoms. The molecule has 1 heterocycles. The van der Waals surface area contributed by atoms with Crippen molar-refractivity contribution < 1.29 is 9.21 Å². The summed E-state index contributed by atoms with van der Waals surface area (Å²) in [7, 11) is 0. The van der Waals surface area contributed by atoms with E-state index in [-0.39, 0.29) is 11.7 Å². The Hall–Kier alpha value is -1.57. The Morgan fingerprint density at radius 2 is 2.06 bits per heavy atom. The minimum atomic E-state index is 0.186. The van der Waals surface area contributed by atoms with E-state index in [1.165, 1.54) is 0 Å². The average Bonchev–Trinajstić information content (AvgIpc) is 3.04. The Balaban J connectivity index is 2.18. The lowest BCUT2D eigenvalue weighted by Crippen LogP contribution is -2.00. The molecule has 0 atom stereocenters. The molecule has 1 saturated carbocycles. The third kappa shape index (κ3) is 1.37. The van der Waals surface area contributed by atoms with Gasteiger partial charge in [-0.3, -0.25) is 4.79 Å². The molecule has 1 aromatic heterocycles. The normalized spacial score (nSPS) is 15.6. The van der Waals surface area contributed by atoms with Gasteiger partial charge in [0.15, 0.2) is 5.76 Å². The molecule has 1 aromatic carbocycles. The minimum Gasteiger partial charge on any atom is -0.453 e. The number of carbonyl (C=O) groups is 1. The molecule has 1 aliphatic rings. The van der Waals surface area contributed by atoms with Gasteiger partial charge in [-0.05, 0) is 38.3 Å². The smallest absolute Gasteiger partial charge is 0.201 e. The Morgan fingerprint density at radius 1 is 1.31 bits per heavy atom. The molecule has 3 rings (SSSR count). The van der Waals surface area contributed by atoms with Gasteiger partial charge in [-0.25, -0.2) is 0 Å². The van der Waals surface area contributed by atoms with E-state index in [9.17, 15) is 4.79 Å². The van der Waals surface area contributed by atoms with Crippen molar-refractivity contribution >= 4 is 16.8 Å². The zero-order chi connectivity index (χ0) is 11.3. The summed E-state index contributed by atoms with van der Waals surface area (Å²) in [5.74, 6) is 0.981. The van der Waals surface area contributed by atoms with Crippen LogP contribution in [0.3, 0.4) is 0 Å². The predicted octanol–water partition coefficient (Wildman–Crippen LogP) is 3.64. The molecule has 82 valence electrons. The molecule has 1 fully saturated rings. The molecule has 0 unspecified atom stereocenters. The van der Waals surface area contributed by atoms with Crippen LogP contribution in [-0.2, 0) is 0 Å². The first-order valence-corrected chi connectivity index (χ1v) is 5.71. The number of fused-ring (bicyclic) bond motifs is 1. The third-order valence-electron chi connectivity index (χ3n) is 3.27. The number of aryl methyl sites for hydroxylation is 2. The maximum Gasteiger partial charge on any atom is 0.201 e. The zero-order valence-corrected chi connectivity index (χ0v) is 9.54. The second-order valence-electron chi connectivity index (χ2n) is 4.69. The predicted molar refractivity (Wildman–Crippen MR) is 62.7 cm³/mol. The van der Waals surface area contributed by atoms with Crippen LogP contribution in [0.2, 0.25) is 0 Å². The Bertz CT molecular complexity index is 574. The fourth-order valence-electron chi connectivity index (χ4n) is 2.10. The molecule has 0 N–H and O–H groups in total. The van der Waals surface area contributed by atoms with Gasteiger partial charge in [0.1, 0.15) is 5.58 Å². The van der Waals surface area contributed by atoms with Crippen molar-refractivity contribution in [3.05, 3.63) is 35.1 Å². The standard InChI is InChI=1S/C14H14O2/c1-8-3-6-11-9(2)14(16-12(11)7-8)13(15)10-4-5-10/h3,6-7,10H,4-5H2,1-2H3. The largest absolute Gasteiger partial charge is 0.453 e. The number of ketones is 1. The molecule has 16 heavy (non-hydrogen) atoms. The Morgan fingerprint density at radius 3 is 2.75 bits per heavy atom. The topological polar surface area (TPSA) is 30.2 Å². The van der Waals surface area contributed by atoms with E-state index in [0.29, 0.717) is 5.76 Å². The number of carbonyl (C=O) groups excluding carboxylic acids is 1. The van der Waals surface area contributed by atoms with Crippen LogP contribution >= 0.6 is 0 Å². The van der Waals surface area contributed by atoms with Gasteiger partial charge in [0.2, 0.25) is 5.78 Å². The summed E-state index contributed by atoms with van der Waals surface area (Å²) in [6.07, 6.45) is 2.04. The number of hydrogen-bond acceptors (Lipinski definition) is 2. The van der Waals surface area contributed by atoms with Gasteiger partial charge in [-0.1, -0.05) is 12.1 Å². The highest BCUT2D eigenvalue weighted by Gasteiger charge is 2.33. The fraction of sp³-hybridized carbons (Fsp3) is 0.357. The highest BCUT2D eigenvalue weighted by atomic mass is 16.3. The van der Waals surface area contributed by atoms with Crippen molar-refractivity contribution in [2.75, 3.05) is 0 Å². The van der Waals surface area contributed by atoms with Crippen LogP contribution in [0.25, 0.3) is 11.0 Å². The number of hydrogen-bond donors (Lipinski definition) is 0. The summed E-state index contributed by atoms with van der Waals surface area (Å²) in [6.45, 7) is 4.00. The van der Waals surface area contributed by atoms with Crippen molar-refractivity contribution in [3.63, 3.8) is 0 Å². The first-order valence-electron chi connectivity index (χ1n) is 5.71. The summed E-state index contributed by atoms with van der Waals surface area (Å²) in [5, 5.41) is 1.06. The molecule has 2 aromatic rings. The third-order valence-corrected chi connectivity index (χ3v) is 3.27.